The molecule has 4 rings (SSSR count). The lowest BCUT2D eigenvalue weighted by atomic mass is 9.96. The van der Waals surface area contributed by atoms with Crippen molar-refractivity contribution in [2.45, 2.75) is 45.6 Å². The fourth-order valence-electron chi connectivity index (χ4n) is 4.64. The summed E-state index contributed by atoms with van der Waals surface area (Å²) < 4.78 is 12.8. The van der Waals surface area contributed by atoms with E-state index in [9.17, 15) is 14.7 Å². The maximum Gasteiger partial charge on any atom is 0.295 e. The Hall–Kier alpha value is -3.65. The van der Waals surface area contributed by atoms with Crippen LogP contribution in [0.5, 0.6) is 5.75 Å². The van der Waals surface area contributed by atoms with Crippen molar-refractivity contribution in [2.24, 2.45) is 0 Å². The van der Waals surface area contributed by atoms with Gasteiger partial charge in [0.25, 0.3) is 11.7 Å². The molecule has 1 unspecified atom stereocenters. The number of unbranched alkanes of at least 4 members (excludes halogenated alkanes) is 3. The minimum atomic E-state index is -0.757. The minimum Gasteiger partial charge on any atom is -0.505 e. The lowest BCUT2D eigenvalue weighted by Gasteiger charge is -2.25. The fraction of sp³-hybridized carbons (Fsp3) is 0.393. The van der Waals surface area contributed by atoms with Crippen LogP contribution < -0.4 is 4.74 Å². The molecule has 36 heavy (non-hydrogen) atoms. The molecule has 8 heteroatoms. The summed E-state index contributed by atoms with van der Waals surface area (Å²) in [5.74, 6) is -0.913. The Morgan fingerprint density at radius 3 is 2.56 bits per heavy atom. The number of hydrogen-bond acceptors (Lipinski definition) is 6. The quantitative estimate of drug-likeness (QED) is 0.181. The second kappa shape index (κ2) is 11.4. The number of rotatable bonds is 11. The van der Waals surface area contributed by atoms with E-state index in [4.69, 9.17) is 9.47 Å². The van der Waals surface area contributed by atoms with Gasteiger partial charge in [0.05, 0.1) is 30.5 Å². The minimum absolute atomic E-state index is 0.0399. The van der Waals surface area contributed by atoms with E-state index < -0.39 is 17.7 Å². The molecule has 1 fully saturated rings. The Morgan fingerprint density at radius 1 is 1.06 bits per heavy atom. The molecular weight excluding hydrogens is 458 g/mol. The number of Topliss-reactive ketones (excluding diaryl/α,β-unsaturated/α-hetero) is 1. The van der Waals surface area contributed by atoms with Crippen LogP contribution in [0.4, 0.5) is 0 Å². The third kappa shape index (κ3) is 4.99. The van der Waals surface area contributed by atoms with Gasteiger partial charge in [0.15, 0.2) is 5.76 Å². The molecule has 8 nitrogen and oxygen atoms in total. The first-order chi connectivity index (χ1) is 17.5. The predicted molar refractivity (Wildman–Crippen MR) is 137 cm³/mol. The normalized spacial score (nSPS) is 17.3. The van der Waals surface area contributed by atoms with Gasteiger partial charge in [0.2, 0.25) is 0 Å². The van der Waals surface area contributed by atoms with Crippen LogP contribution >= 0.6 is 0 Å². The third-order valence-electron chi connectivity index (χ3n) is 6.47. The number of likely N-dealkylation sites (tertiary alicyclic amines) is 1. The number of benzene rings is 1. The van der Waals surface area contributed by atoms with Crippen molar-refractivity contribution in [1.29, 1.82) is 0 Å². The number of aliphatic hydroxyl groups is 1. The molecule has 1 aliphatic heterocycles. The van der Waals surface area contributed by atoms with E-state index in [1.54, 1.807) is 24.6 Å². The largest absolute Gasteiger partial charge is 0.505 e. The van der Waals surface area contributed by atoms with E-state index >= 15 is 0 Å². The van der Waals surface area contributed by atoms with Crippen LogP contribution in [0.1, 0.15) is 55.6 Å². The summed E-state index contributed by atoms with van der Waals surface area (Å²) in [5, 5.41) is 11.5. The number of imidazole rings is 1. The smallest absolute Gasteiger partial charge is 0.295 e. The summed E-state index contributed by atoms with van der Waals surface area (Å²) in [6.45, 7) is 5.05. The summed E-state index contributed by atoms with van der Waals surface area (Å²) in [7, 11) is 1.54. The van der Waals surface area contributed by atoms with E-state index in [0.29, 0.717) is 29.2 Å². The molecule has 0 radical (unpaired) electrons. The Labute approximate surface area is 211 Å². The average molecular weight is 492 g/mol. The zero-order valence-electron chi connectivity index (χ0n) is 21.1. The Kier molecular flexibility index (Phi) is 8.05. The van der Waals surface area contributed by atoms with Crippen LogP contribution in [0.3, 0.4) is 0 Å². The summed E-state index contributed by atoms with van der Waals surface area (Å²) in [5.41, 5.74) is 2.34. The summed E-state index contributed by atoms with van der Waals surface area (Å²) in [6.07, 6.45) is 6.25. The number of ketones is 1. The average Bonchev–Trinajstić information content (AvgIpc) is 3.35. The zero-order chi connectivity index (χ0) is 25.7. The second-order valence-electron chi connectivity index (χ2n) is 8.94. The van der Waals surface area contributed by atoms with Crippen molar-refractivity contribution in [2.75, 3.05) is 26.9 Å². The van der Waals surface area contributed by atoms with Crippen molar-refractivity contribution < 1.29 is 24.2 Å². The highest BCUT2D eigenvalue weighted by Gasteiger charge is 2.46. The number of fused-ring (bicyclic) bond motifs is 1. The molecule has 3 aromatic rings. The van der Waals surface area contributed by atoms with Crippen molar-refractivity contribution >= 4 is 23.1 Å². The number of hydrogen-bond donors (Lipinski definition) is 1. The van der Waals surface area contributed by atoms with Crippen LogP contribution in [0.25, 0.3) is 11.4 Å². The van der Waals surface area contributed by atoms with Crippen molar-refractivity contribution in [3.05, 3.63) is 71.2 Å². The maximum absolute atomic E-state index is 13.2. The Bertz CT molecular complexity index is 1260. The molecule has 1 saturated heterocycles. The lowest BCUT2D eigenvalue weighted by molar-refractivity contribution is -0.140. The van der Waals surface area contributed by atoms with Gasteiger partial charge in [-0.05, 0) is 43.2 Å². The number of aryl methyl sites for hydroxylation is 1. The zero-order valence-corrected chi connectivity index (χ0v) is 21.1. The molecule has 0 bridgehead atoms. The molecular formula is C28H33N3O5. The Balaban J connectivity index is 1.72. The highest BCUT2D eigenvalue weighted by atomic mass is 16.5. The number of amides is 1. The van der Waals surface area contributed by atoms with E-state index in [-0.39, 0.29) is 24.5 Å². The van der Waals surface area contributed by atoms with Gasteiger partial charge >= 0.3 is 0 Å². The maximum atomic E-state index is 13.2. The molecule has 0 spiro atoms. The predicted octanol–water partition coefficient (Wildman–Crippen LogP) is 4.67. The van der Waals surface area contributed by atoms with Crippen LogP contribution in [0, 0.1) is 6.92 Å². The molecule has 0 aliphatic carbocycles. The number of carbonyl (C=O) groups is 2. The van der Waals surface area contributed by atoms with Crippen molar-refractivity contribution in [3.8, 4) is 5.75 Å². The molecule has 3 heterocycles. The highest BCUT2D eigenvalue weighted by molar-refractivity contribution is 6.46. The molecule has 190 valence electrons. The number of aromatic nitrogens is 2. The molecule has 1 N–H and O–H groups in total. The molecule has 0 saturated carbocycles. The topological polar surface area (TPSA) is 93.4 Å². The van der Waals surface area contributed by atoms with Crippen molar-refractivity contribution in [1.82, 2.24) is 14.3 Å². The summed E-state index contributed by atoms with van der Waals surface area (Å²) >= 11 is 0. The first-order valence-electron chi connectivity index (χ1n) is 12.4. The van der Waals surface area contributed by atoms with Gasteiger partial charge in [-0.1, -0.05) is 44.4 Å². The first-order valence-corrected chi connectivity index (χ1v) is 12.4. The van der Waals surface area contributed by atoms with Crippen LogP contribution in [-0.2, 0) is 14.3 Å². The van der Waals surface area contributed by atoms with Gasteiger partial charge in [-0.2, -0.15) is 0 Å². The number of nitrogens with zero attached hydrogens (tertiary/aromatic N) is 3. The molecule has 1 aromatic carbocycles. The van der Waals surface area contributed by atoms with E-state index in [1.807, 2.05) is 42.5 Å². The Morgan fingerprint density at radius 2 is 1.83 bits per heavy atom. The first kappa shape index (κ1) is 25.4. The molecule has 1 aliphatic rings. The number of ether oxygens (including phenoxy) is 2. The number of carbonyl (C=O) groups excluding carboxylic acids is 2. The number of pyridine rings is 1. The van der Waals surface area contributed by atoms with E-state index in [2.05, 4.69) is 11.9 Å². The van der Waals surface area contributed by atoms with E-state index in [1.165, 1.54) is 17.7 Å². The standard InChI is InChI=1S/C28H33N3O5/c1-4-5-6-9-17-36-21-13-11-20(12-14-21)25-23(27(33)28(34)31(25)16-18-35-3)26(32)24-19(2)29-22-10-7-8-15-30(22)24/h7-8,10-15,25,32H,4-6,9,16-18H2,1-3H3/b26-23+. The van der Waals surface area contributed by atoms with Crippen molar-refractivity contribution in [3.63, 3.8) is 0 Å². The van der Waals surface area contributed by atoms with Gasteiger partial charge in [-0.15, -0.1) is 0 Å². The second-order valence-corrected chi connectivity index (χ2v) is 8.94. The van der Waals surface area contributed by atoms with Crippen LogP contribution in [0.15, 0.2) is 54.2 Å². The molecule has 2 aromatic heterocycles. The number of methoxy groups -OCH3 is 1. The third-order valence-corrected chi connectivity index (χ3v) is 6.47. The monoisotopic (exact) mass is 491 g/mol. The van der Waals surface area contributed by atoms with E-state index in [0.717, 1.165) is 18.6 Å². The number of aliphatic hydroxyl groups excluding tert-OH is 1. The van der Waals surface area contributed by atoms with Gasteiger partial charge in [-0.25, -0.2) is 4.98 Å². The fourth-order valence-corrected chi connectivity index (χ4v) is 4.64. The SMILES string of the molecule is CCCCCCOc1ccc(C2/C(=C(\O)c3c(C)nc4ccccn34)C(=O)C(=O)N2CCOC)cc1. The van der Waals surface area contributed by atoms with Gasteiger partial charge in [-0.3, -0.25) is 14.0 Å². The van der Waals surface area contributed by atoms with Crippen LogP contribution in [0.2, 0.25) is 0 Å². The molecule has 1 atom stereocenters. The summed E-state index contributed by atoms with van der Waals surface area (Å²) in [4.78, 5) is 32.2. The van der Waals surface area contributed by atoms with Crippen LogP contribution in [-0.4, -0.2) is 57.9 Å². The molecule has 1 amide bonds. The van der Waals surface area contributed by atoms with Gasteiger partial charge < -0.3 is 19.5 Å². The van der Waals surface area contributed by atoms with Gasteiger partial charge in [0, 0.05) is 19.9 Å². The highest BCUT2D eigenvalue weighted by Crippen LogP contribution is 2.40. The van der Waals surface area contributed by atoms with Gasteiger partial charge in [0.1, 0.15) is 17.1 Å². The summed E-state index contributed by atoms with van der Waals surface area (Å²) in [6, 6.07) is 12.1. The lowest BCUT2D eigenvalue weighted by Crippen LogP contribution is -2.32.